The van der Waals surface area contributed by atoms with Crippen molar-refractivity contribution < 1.29 is 14.3 Å². The molecule has 0 heterocycles. The first-order valence-electron chi connectivity index (χ1n) is 5.85. The molecular formula is C13H19FN2O2. The smallest absolute Gasteiger partial charge is 0.325 e. The summed E-state index contributed by atoms with van der Waals surface area (Å²) in [5, 5.41) is 12.2. The fourth-order valence-corrected chi connectivity index (χ4v) is 1.91. The molecule has 0 spiro atoms. The number of aliphatic carboxylic acids is 1. The first kappa shape index (κ1) is 14.4. The molecule has 1 atom stereocenters. The lowest BCUT2D eigenvalue weighted by atomic mass is 10.0. The first-order valence-corrected chi connectivity index (χ1v) is 5.85. The van der Waals surface area contributed by atoms with Crippen molar-refractivity contribution in [2.45, 2.75) is 19.4 Å². The molecule has 100 valence electrons. The number of nitrogens with zero attached hydrogens (tertiary/aromatic N) is 1. The van der Waals surface area contributed by atoms with Crippen LogP contribution < -0.4 is 10.2 Å². The molecule has 0 saturated heterocycles. The number of carbonyl (C=O) groups is 1. The number of carboxylic acids is 1. The summed E-state index contributed by atoms with van der Waals surface area (Å²) in [4.78, 5) is 12.9. The molecule has 0 amide bonds. The Hall–Kier alpha value is -1.62. The average molecular weight is 254 g/mol. The Kier molecular flexibility index (Phi) is 4.67. The van der Waals surface area contributed by atoms with Crippen LogP contribution in [0.1, 0.15) is 13.8 Å². The third kappa shape index (κ3) is 3.20. The zero-order valence-electron chi connectivity index (χ0n) is 10.9. The molecule has 0 bridgehead atoms. The topological polar surface area (TPSA) is 52.6 Å². The number of carboxylic acid groups (broad SMARTS) is 1. The summed E-state index contributed by atoms with van der Waals surface area (Å²) in [6, 6.07) is 6.31. The Bertz CT molecular complexity index is 425. The van der Waals surface area contributed by atoms with E-state index in [1.165, 1.54) is 6.07 Å². The van der Waals surface area contributed by atoms with E-state index in [2.05, 4.69) is 5.32 Å². The zero-order chi connectivity index (χ0) is 13.8. The summed E-state index contributed by atoms with van der Waals surface area (Å²) in [7, 11) is 1.68. The second-order valence-corrected chi connectivity index (χ2v) is 4.48. The van der Waals surface area contributed by atoms with Gasteiger partial charge in [-0.05, 0) is 25.6 Å². The van der Waals surface area contributed by atoms with Gasteiger partial charge in [0, 0.05) is 13.6 Å². The number of anilines is 1. The minimum Gasteiger partial charge on any atom is -0.480 e. The van der Waals surface area contributed by atoms with Crippen LogP contribution in [0.2, 0.25) is 0 Å². The van der Waals surface area contributed by atoms with E-state index >= 15 is 0 Å². The van der Waals surface area contributed by atoms with E-state index in [1.54, 1.807) is 37.1 Å². The lowest BCUT2D eigenvalue weighted by molar-refractivity contribution is -0.143. The molecule has 0 aromatic heterocycles. The predicted molar refractivity (Wildman–Crippen MR) is 69.4 cm³/mol. The maximum atomic E-state index is 13.6. The van der Waals surface area contributed by atoms with Crippen molar-refractivity contribution in [2.75, 3.05) is 25.0 Å². The van der Waals surface area contributed by atoms with Gasteiger partial charge in [-0.1, -0.05) is 19.1 Å². The molecular weight excluding hydrogens is 235 g/mol. The third-order valence-corrected chi connectivity index (χ3v) is 2.86. The van der Waals surface area contributed by atoms with E-state index in [1.807, 2.05) is 6.92 Å². The summed E-state index contributed by atoms with van der Waals surface area (Å²) in [5.41, 5.74) is -0.714. The van der Waals surface area contributed by atoms with Gasteiger partial charge in [-0.25, -0.2) is 4.39 Å². The van der Waals surface area contributed by atoms with Crippen LogP contribution in [0, 0.1) is 5.82 Å². The van der Waals surface area contributed by atoms with Gasteiger partial charge >= 0.3 is 5.97 Å². The number of halogens is 1. The molecule has 1 rings (SSSR count). The molecule has 0 aliphatic carbocycles. The summed E-state index contributed by atoms with van der Waals surface area (Å²) in [5.74, 6) is -1.31. The van der Waals surface area contributed by atoms with E-state index in [9.17, 15) is 14.3 Å². The molecule has 1 aromatic carbocycles. The second-order valence-electron chi connectivity index (χ2n) is 4.48. The minimum atomic E-state index is -1.11. The van der Waals surface area contributed by atoms with E-state index in [0.29, 0.717) is 12.2 Å². The third-order valence-electron chi connectivity index (χ3n) is 2.86. The molecule has 1 unspecified atom stereocenters. The van der Waals surface area contributed by atoms with E-state index in [0.717, 1.165) is 0 Å². The number of nitrogens with one attached hydrogen (secondary N) is 1. The van der Waals surface area contributed by atoms with Gasteiger partial charge < -0.3 is 15.3 Å². The van der Waals surface area contributed by atoms with Crippen LogP contribution in [0.25, 0.3) is 0 Å². The lowest BCUT2D eigenvalue weighted by Crippen LogP contribution is -2.56. The first-order chi connectivity index (χ1) is 8.40. The highest BCUT2D eigenvalue weighted by Gasteiger charge is 2.33. The lowest BCUT2D eigenvalue weighted by Gasteiger charge is -2.32. The van der Waals surface area contributed by atoms with Crippen molar-refractivity contribution in [1.29, 1.82) is 0 Å². The fourth-order valence-electron chi connectivity index (χ4n) is 1.91. The highest BCUT2D eigenvalue weighted by atomic mass is 19.1. The van der Waals surface area contributed by atoms with Gasteiger partial charge in [-0.3, -0.25) is 4.79 Å². The number of benzene rings is 1. The van der Waals surface area contributed by atoms with Gasteiger partial charge in [-0.2, -0.15) is 0 Å². The van der Waals surface area contributed by atoms with Gasteiger partial charge in [0.1, 0.15) is 11.4 Å². The molecule has 0 radical (unpaired) electrons. The molecule has 0 aliphatic rings. The number of para-hydroxylation sites is 1. The van der Waals surface area contributed by atoms with Crippen molar-refractivity contribution >= 4 is 11.7 Å². The van der Waals surface area contributed by atoms with Gasteiger partial charge in [0.05, 0.1) is 5.69 Å². The molecule has 0 aliphatic heterocycles. The van der Waals surface area contributed by atoms with Crippen LogP contribution in [0.4, 0.5) is 10.1 Å². The molecule has 5 heteroatoms. The SMILES string of the molecule is CCNC(C)(CN(C)c1ccccc1F)C(=O)O. The standard InChI is InChI=1S/C13H19FN2O2/c1-4-15-13(2,12(17)18)9-16(3)11-8-6-5-7-10(11)14/h5-8,15H,4,9H2,1-3H3,(H,17,18). The Labute approximate surface area is 106 Å². The van der Waals surface area contributed by atoms with Gasteiger partial charge in [0.25, 0.3) is 0 Å². The number of rotatable bonds is 6. The van der Waals surface area contributed by atoms with Gasteiger partial charge in [0.2, 0.25) is 0 Å². The highest BCUT2D eigenvalue weighted by Crippen LogP contribution is 2.19. The largest absolute Gasteiger partial charge is 0.480 e. The maximum absolute atomic E-state index is 13.6. The summed E-state index contributed by atoms with van der Waals surface area (Å²) in [6.07, 6.45) is 0. The molecule has 0 saturated carbocycles. The molecule has 0 fully saturated rings. The normalized spacial score (nSPS) is 14.0. The second kappa shape index (κ2) is 5.82. The van der Waals surface area contributed by atoms with Crippen LogP contribution in [0.3, 0.4) is 0 Å². The highest BCUT2D eigenvalue weighted by molar-refractivity contribution is 5.79. The Morgan fingerprint density at radius 3 is 2.61 bits per heavy atom. The van der Waals surface area contributed by atoms with Crippen molar-refractivity contribution in [2.24, 2.45) is 0 Å². The Morgan fingerprint density at radius 2 is 2.11 bits per heavy atom. The average Bonchev–Trinajstić information content (AvgIpc) is 2.29. The van der Waals surface area contributed by atoms with Crippen LogP contribution in [-0.2, 0) is 4.79 Å². The number of hydrogen-bond acceptors (Lipinski definition) is 3. The molecule has 18 heavy (non-hydrogen) atoms. The molecule has 1 aromatic rings. The minimum absolute atomic E-state index is 0.178. The summed E-state index contributed by atoms with van der Waals surface area (Å²) in [6.45, 7) is 4.14. The van der Waals surface area contributed by atoms with E-state index in [4.69, 9.17) is 0 Å². The van der Waals surface area contributed by atoms with Crippen molar-refractivity contribution in [3.8, 4) is 0 Å². The van der Waals surface area contributed by atoms with Crippen LogP contribution >= 0.6 is 0 Å². The predicted octanol–water partition coefficient (Wildman–Crippen LogP) is 1.71. The van der Waals surface area contributed by atoms with Gasteiger partial charge in [-0.15, -0.1) is 0 Å². The van der Waals surface area contributed by atoms with Crippen LogP contribution in [-0.4, -0.2) is 36.8 Å². The maximum Gasteiger partial charge on any atom is 0.325 e. The summed E-state index contributed by atoms with van der Waals surface area (Å²) < 4.78 is 13.6. The monoisotopic (exact) mass is 254 g/mol. The van der Waals surface area contributed by atoms with Crippen LogP contribution in [0.15, 0.2) is 24.3 Å². The number of likely N-dealkylation sites (N-methyl/N-ethyl adjacent to an activating group) is 2. The van der Waals surface area contributed by atoms with Crippen molar-refractivity contribution in [3.63, 3.8) is 0 Å². The Morgan fingerprint density at radius 1 is 1.50 bits per heavy atom. The van der Waals surface area contributed by atoms with Crippen molar-refractivity contribution in [1.82, 2.24) is 5.32 Å². The fraction of sp³-hybridized carbons (Fsp3) is 0.462. The zero-order valence-corrected chi connectivity index (χ0v) is 10.9. The molecule has 2 N–H and O–H groups in total. The molecule has 4 nitrogen and oxygen atoms in total. The van der Waals surface area contributed by atoms with E-state index < -0.39 is 11.5 Å². The van der Waals surface area contributed by atoms with Crippen molar-refractivity contribution in [3.05, 3.63) is 30.1 Å². The van der Waals surface area contributed by atoms with E-state index in [-0.39, 0.29) is 12.4 Å². The van der Waals surface area contributed by atoms with Crippen LogP contribution in [0.5, 0.6) is 0 Å². The quantitative estimate of drug-likeness (QED) is 0.811. The van der Waals surface area contributed by atoms with Gasteiger partial charge in [0.15, 0.2) is 0 Å². The summed E-state index contributed by atoms with van der Waals surface area (Å²) >= 11 is 0. The number of hydrogen-bond donors (Lipinski definition) is 2. The Balaban J connectivity index is 2.89.